The van der Waals surface area contributed by atoms with Gasteiger partial charge in [-0.15, -0.1) is 0 Å². The van der Waals surface area contributed by atoms with E-state index in [0.717, 1.165) is 17.0 Å². The minimum absolute atomic E-state index is 0.137. The van der Waals surface area contributed by atoms with E-state index in [-0.39, 0.29) is 24.6 Å². The molecular formula is C19H21F2N5O2. The summed E-state index contributed by atoms with van der Waals surface area (Å²) in [6, 6.07) is 4.40. The maximum atomic E-state index is 14.1. The molecule has 7 nitrogen and oxygen atoms in total. The van der Waals surface area contributed by atoms with Crippen LogP contribution >= 0.6 is 0 Å². The number of piperidine rings is 1. The number of aromatic nitrogens is 2. The summed E-state index contributed by atoms with van der Waals surface area (Å²) in [5.74, 6) is -2.41. The topological polar surface area (TPSA) is 79.3 Å². The SMILES string of the molecule is O=C1C(NC(=O)C2(n3cccn3)CCNCC2)CCN1c1c(F)cccc1F. The third kappa shape index (κ3) is 3.05. The van der Waals surface area contributed by atoms with Crippen molar-refractivity contribution in [2.24, 2.45) is 0 Å². The van der Waals surface area contributed by atoms with Crippen molar-refractivity contribution in [2.45, 2.75) is 30.8 Å². The molecule has 9 heteroatoms. The third-order valence-electron chi connectivity index (χ3n) is 5.51. The molecule has 1 unspecified atom stereocenters. The third-order valence-corrected chi connectivity index (χ3v) is 5.51. The average Bonchev–Trinajstić information content (AvgIpc) is 3.35. The Kier molecular flexibility index (Phi) is 4.84. The lowest BCUT2D eigenvalue weighted by Gasteiger charge is -2.37. The van der Waals surface area contributed by atoms with E-state index < -0.39 is 29.1 Å². The molecule has 2 saturated heterocycles. The molecule has 0 bridgehead atoms. The predicted octanol–water partition coefficient (Wildman–Crippen LogP) is 1.16. The van der Waals surface area contributed by atoms with Crippen molar-refractivity contribution in [3.63, 3.8) is 0 Å². The number of nitrogens with one attached hydrogen (secondary N) is 2. The fraction of sp³-hybridized carbons (Fsp3) is 0.421. The molecule has 0 aliphatic carbocycles. The molecule has 2 aliphatic heterocycles. The van der Waals surface area contributed by atoms with Crippen LogP contribution in [0.25, 0.3) is 0 Å². The van der Waals surface area contributed by atoms with Crippen LogP contribution in [0.3, 0.4) is 0 Å². The molecule has 3 heterocycles. The first-order valence-corrected chi connectivity index (χ1v) is 9.30. The zero-order valence-corrected chi connectivity index (χ0v) is 15.2. The molecule has 0 saturated carbocycles. The zero-order valence-electron chi connectivity index (χ0n) is 15.2. The lowest BCUT2D eigenvalue weighted by atomic mass is 9.87. The Balaban J connectivity index is 1.54. The van der Waals surface area contributed by atoms with Gasteiger partial charge in [0.05, 0.1) is 0 Å². The lowest BCUT2D eigenvalue weighted by molar-refractivity contribution is -0.135. The number of hydrogen-bond donors (Lipinski definition) is 2. The number of rotatable bonds is 4. The van der Waals surface area contributed by atoms with Gasteiger partial charge in [-0.3, -0.25) is 14.3 Å². The summed E-state index contributed by atoms with van der Waals surface area (Å²) in [4.78, 5) is 27.0. The Hall–Kier alpha value is -2.81. The molecule has 4 rings (SSSR count). The molecular weight excluding hydrogens is 368 g/mol. The monoisotopic (exact) mass is 389 g/mol. The Morgan fingerprint density at radius 3 is 2.57 bits per heavy atom. The molecule has 2 aromatic rings. The van der Waals surface area contributed by atoms with Gasteiger partial charge in [-0.25, -0.2) is 8.78 Å². The van der Waals surface area contributed by atoms with E-state index in [0.29, 0.717) is 25.9 Å². The summed E-state index contributed by atoms with van der Waals surface area (Å²) in [6.07, 6.45) is 4.70. The average molecular weight is 389 g/mol. The highest BCUT2D eigenvalue weighted by molar-refractivity contribution is 6.02. The highest BCUT2D eigenvalue weighted by atomic mass is 19.1. The van der Waals surface area contributed by atoms with Gasteiger partial charge in [-0.2, -0.15) is 5.10 Å². The Labute approximate surface area is 160 Å². The van der Waals surface area contributed by atoms with Gasteiger partial charge < -0.3 is 15.5 Å². The number of hydrogen-bond acceptors (Lipinski definition) is 4. The maximum Gasteiger partial charge on any atom is 0.249 e. The van der Waals surface area contributed by atoms with Gasteiger partial charge in [0.2, 0.25) is 11.8 Å². The summed E-state index contributed by atoms with van der Waals surface area (Å²) in [5.41, 5.74) is -1.25. The van der Waals surface area contributed by atoms with Crippen molar-refractivity contribution in [2.75, 3.05) is 24.5 Å². The van der Waals surface area contributed by atoms with Crippen molar-refractivity contribution >= 4 is 17.5 Å². The van der Waals surface area contributed by atoms with Gasteiger partial charge in [0.25, 0.3) is 0 Å². The number of anilines is 1. The van der Waals surface area contributed by atoms with Crippen LogP contribution in [0.1, 0.15) is 19.3 Å². The van der Waals surface area contributed by atoms with E-state index in [4.69, 9.17) is 0 Å². The highest BCUT2D eigenvalue weighted by Crippen LogP contribution is 2.30. The minimum Gasteiger partial charge on any atom is -0.342 e. The van der Waals surface area contributed by atoms with E-state index >= 15 is 0 Å². The van der Waals surface area contributed by atoms with Gasteiger partial charge in [0.15, 0.2) is 0 Å². The van der Waals surface area contributed by atoms with Crippen LogP contribution in [0.4, 0.5) is 14.5 Å². The van der Waals surface area contributed by atoms with E-state index in [2.05, 4.69) is 15.7 Å². The van der Waals surface area contributed by atoms with Crippen molar-refractivity contribution in [3.8, 4) is 0 Å². The standard InChI is InChI=1S/C19H21F2N5O2/c20-13-3-1-4-14(21)16(13)25-12-5-15(17(25)27)24-18(28)19(6-9-22-10-7-19)26-11-2-8-23-26/h1-4,8,11,15,22H,5-7,9-10,12H2,(H,24,28). The molecule has 2 aliphatic rings. The molecule has 1 atom stereocenters. The van der Waals surface area contributed by atoms with Crippen LogP contribution in [0.2, 0.25) is 0 Å². The van der Waals surface area contributed by atoms with Crippen LogP contribution in [0, 0.1) is 11.6 Å². The predicted molar refractivity (Wildman–Crippen MR) is 97.6 cm³/mol. The van der Waals surface area contributed by atoms with Crippen LogP contribution in [-0.4, -0.2) is 47.3 Å². The van der Waals surface area contributed by atoms with Gasteiger partial charge in [-0.05, 0) is 50.6 Å². The number of benzene rings is 1. The van der Waals surface area contributed by atoms with Crippen LogP contribution in [-0.2, 0) is 15.1 Å². The van der Waals surface area contributed by atoms with Gasteiger partial charge in [0.1, 0.15) is 28.9 Å². The number of nitrogens with zero attached hydrogens (tertiary/aromatic N) is 3. The van der Waals surface area contributed by atoms with Crippen molar-refractivity contribution in [1.82, 2.24) is 20.4 Å². The number of halogens is 2. The second-order valence-electron chi connectivity index (χ2n) is 7.11. The second kappa shape index (κ2) is 7.31. The molecule has 0 radical (unpaired) electrons. The normalized spacial score (nSPS) is 21.7. The number of carbonyl (C=O) groups excluding carboxylic acids is 2. The first-order valence-electron chi connectivity index (χ1n) is 9.30. The number of amides is 2. The largest absolute Gasteiger partial charge is 0.342 e. The Morgan fingerprint density at radius 1 is 1.21 bits per heavy atom. The fourth-order valence-electron chi connectivity index (χ4n) is 4.00. The molecule has 1 aromatic carbocycles. The number of carbonyl (C=O) groups is 2. The Morgan fingerprint density at radius 2 is 1.93 bits per heavy atom. The smallest absolute Gasteiger partial charge is 0.249 e. The fourth-order valence-corrected chi connectivity index (χ4v) is 4.00. The zero-order chi connectivity index (χ0) is 19.7. The van der Waals surface area contributed by atoms with Crippen LogP contribution in [0.5, 0.6) is 0 Å². The molecule has 148 valence electrons. The van der Waals surface area contributed by atoms with E-state index in [1.54, 1.807) is 23.1 Å². The molecule has 0 spiro atoms. The van der Waals surface area contributed by atoms with Gasteiger partial charge in [0, 0.05) is 18.9 Å². The van der Waals surface area contributed by atoms with Crippen LogP contribution < -0.4 is 15.5 Å². The number of para-hydroxylation sites is 1. The lowest BCUT2D eigenvalue weighted by Crippen LogP contribution is -2.57. The molecule has 1 aromatic heterocycles. The summed E-state index contributed by atoms with van der Waals surface area (Å²) < 4.78 is 29.8. The van der Waals surface area contributed by atoms with Gasteiger partial charge in [-0.1, -0.05) is 6.07 Å². The second-order valence-corrected chi connectivity index (χ2v) is 7.11. The summed E-state index contributed by atoms with van der Waals surface area (Å²) in [7, 11) is 0. The first kappa shape index (κ1) is 18.5. The molecule has 2 amide bonds. The minimum atomic E-state index is -0.883. The molecule has 28 heavy (non-hydrogen) atoms. The van der Waals surface area contributed by atoms with Crippen molar-refractivity contribution in [3.05, 3.63) is 48.3 Å². The summed E-state index contributed by atoms with van der Waals surface area (Å²) in [5, 5.41) is 10.3. The van der Waals surface area contributed by atoms with Crippen LogP contribution in [0.15, 0.2) is 36.7 Å². The first-order chi connectivity index (χ1) is 13.5. The maximum absolute atomic E-state index is 14.1. The van der Waals surface area contributed by atoms with Gasteiger partial charge >= 0.3 is 0 Å². The van der Waals surface area contributed by atoms with E-state index in [1.165, 1.54) is 6.07 Å². The Bertz CT molecular complexity index is 860. The molecule has 2 N–H and O–H groups in total. The highest BCUT2D eigenvalue weighted by Gasteiger charge is 2.45. The van der Waals surface area contributed by atoms with Crippen molar-refractivity contribution in [1.29, 1.82) is 0 Å². The summed E-state index contributed by atoms with van der Waals surface area (Å²) >= 11 is 0. The summed E-state index contributed by atoms with van der Waals surface area (Å²) in [6.45, 7) is 1.44. The van der Waals surface area contributed by atoms with Crippen molar-refractivity contribution < 1.29 is 18.4 Å². The van der Waals surface area contributed by atoms with E-state index in [9.17, 15) is 18.4 Å². The molecule has 2 fully saturated rings. The quantitative estimate of drug-likeness (QED) is 0.823. The van der Waals surface area contributed by atoms with E-state index in [1.807, 2.05) is 0 Å².